The van der Waals surface area contributed by atoms with Crippen LogP contribution < -0.4 is 4.74 Å². The van der Waals surface area contributed by atoms with Crippen molar-refractivity contribution in [3.63, 3.8) is 0 Å². The minimum absolute atomic E-state index is 0.136. The first-order valence-corrected chi connectivity index (χ1v) is 23.9. The Morgan fingerprint density at radius 2 is 0.639 bits per heavy atom. The predicted octanol–water partition coefficient (Wildman–Crippen LogP) is 8.60. The maximum Gasteiger partial charge on any atom is 0.305 e. The largest absolute Gasteiger partial charge is 0.491 e. The summed E-state index contributed by atoms with van der Waals surface area (Å²) >= 11 is 0. The summed E-state index contributed by atoms with van der Waals surface area (Å²) in [4.78, 5) is 11.8. The second kappa shape index (κ2) is 49.1. The number of aryl methyl sites for hydroxylation is 1. The van der Waals surface area contributed by atoms with E-state index >= 15 is 0 Å². The number of ether oxygens (including phenoxy) is 12. The number of benzene rings is 1. The van der Waals surface area contributed by atoms with Gasteiger partial charge in [0.15, 0.2) is 0 Å². The molecule has 1 aromatic rings. The molecule has 13 heteroatoms. The third-order valence-corrected chi connectivity index (χ3v) is 9.56. The van der Waals surface area contributed by atoms with Gasteiger partial charge in [-0.2, -0.15) is 0 Å². The van der Waals surface area contributed by atoms with Crippen molar-refractivity contribution in [2.45, 2.75) is 123 Å². The number of esters is 1. The van der Waals surface area contributed by atoms with Gasteiger partial charge in [0.05, 0.1) is 132 Å². The zero-order valence-electron chi connectivity index (χ0n) is 38.7. The zero-order chi connectivity index (χ0) is 43.6. The van der Waals surface area contributed by atoms with E-state index in [1.807, 2.05) is 0 Å². The van der Waals surface area contributed by atoms with E-state index < -0.39 is 0 Å². The Hall–Kier alpha value is -1.91. The van der Waals surface area contributed by atoms with Gasteiger partial charge in [0, 0.05) is 6.42 Å². The highest BCUT2D eigenvalue weighted by atomic mass is 16.6. The highest BCUT2D eigenvalue weighted by Crippen LogP contribution is 2.15. The number of unbranched alkanes of at least 4 members (excludes halogenated alkanes) is 13. The summed E-state index contributed by atoms with van der Waals surface area (Å²) in [6.07, 6.45) is 20.7. The van der Waals surface area contributed by atoms with Crippen LogP contribution in [0.1, 0.15) is 122 Å². The van der Waals surface area contributed by atoms with Crippen molar-refractivity contribution < 1.29 is 61.6 Å². The SMILES string of the molecule is CCCCCCCCCCCC(=O)OCCOCCOCCOCCOCCOCCOCCOCCOCCOCCOCCOc1ccc(CCCCCCCC)cc1. The fourth-order valence-electron chi connectivity index (χ4n) is 6.03. The Labute approximate surface area is 370 Å². The Balaban J connectivity index is 1.67. The van der Waals surface area contributed by atoms with Crippen LogP contribution in [0.4, 0.5) is 0 Å². The van der Waals surface area contributed by atoms with E-state index in [0.29, 0.717) is 145 Å². The molecule has 13 nitrogen and oxygen atoms in total. The number of hydrogen-bond donors (Lipinski definition) is 0. The molecule has 61 heavy (non-hydrogen) atoms. The van der Waals surface area contributed by atoms with Crippen molar-refractivity contribution in [3.05, 3.63) is 29.8 Å². The van der Waals surface area contributed by atoms with Gasteiger partial charge in [-0.15, -0.1) is 0 Å². The van der Waals surface area contributed by atoms with Gasteiger partial charge in [0.1, 0.15) is 19.0 Å². The van der Waals surface area contributed by atoms with E-state index in [2.05, 4.69) is 38.1 Å². The smallest absolute Gasteiger partial charge is 0.305 e. The van der Waals surface area contributed by atoms with Gasteiger partial charge in [-0.1, -0.05) is 109 Å². The van der Waals surface area contributed by atoms with Crippen molar-refractivity contribution in [3.8, 4) is 5.75 Å². The van der Waals surface area contributed by atoms with Crippen LogP contribution in [-0.4, -0.2) is 151 Å². The van der Waals surface area contributed by atoms with E-state index in [4.69, 9.17) is 56.8 Å². The van der Waals surface area contributed by atoms with Gasteiger partial charge in [-0.3, -0.25) is 4.79 Å². The molecule has 0 spiro atoms. The predicted molar refractivity (Wildman–Crippen MR) is 240 cm³/mol. The van der Waals surface area contributed by atoms with Crippen LogP contribution in [0.3, 0.4) is 0 Å². The molecule has 0 radical (unpaired) electrons. The Morgan fingerprint density at radius 3 is 1.00 bits per heavy atom. The first-order valence-electron chi connectivity index (χ1n) is 23.9. The lowest BCUT2D eigenvalue weighted by Crippen LogP contribution is -2.15. The van der Waals surface area contributed by atoms with Gasteiger partial charge in [0.2, 0.25) is 0 Å². The molecule has 0 fully saturated rings. The minimum Gasteiger partial charge on any atom is -0.491 e. The Kier molecular flexibility index (Phi) is 46.0. The van der Waals surface area contributed by atoms with Crippen LogP contribution in [0, 0.1) is 0 Å². The highest BCUT2D eigenvalue weighted by Gasteiger charge is 2.03. The molecule has 0 aliphatic rings. The summed E-state index contributed by atoms with van der Waals surface area (Å²) in [5.41, 5.74) is 1.38. The van der Waals surface area contributed by atoms with Crippen molar-refractivity contribution in [2.75, 3.05) is 145 Å². The maximum absolute atomic E-state index is 11.8. The number of hydrogen-bond acceptors (Lipinski definition) is 13. The molecule has 0 aliphatic carbocycles. The second-order valence-electron chi connectivity index (χ2n) is 14.9. The summed E-state index contributed by atoms with van der Waals surface area (Å²) < 4.78 is 66.3. The molecule has 0 aromatic heterocycles. The zero-order valence-corrected chi connectivity index (χ0v) is 38.7. The highest BCUT2D eigenvalue weighted by molar-refractivity contribution is 5.69. The molecule has 0 atom stereocenters. The summed E-state index contributed by atoms with van der Waals surface area (Å²) in [5.74, 6) is 0.747. The van der Waals surface area contributed by atoms with Crippen LogP contribution in [0.25, 0.3) is 0 Å². The van der Waals surface area contributed by atoms with Crippen LogP contribution >= 0.6 is 0 Å². The number of rotatable bonds is 51. The van der Waals surface area contributed by atoms with E-state index in [1.54, 1.807) is 0 Å². The van der Waals surface area contributed by atoms with E-state index in [1.165, 1.54) is 89.0 Å². The lowest BCUT2D eigenvalue weighted by atomic mass is 10.0. The van der Waals surface area contributed by atoms with Crippen LogP contribution in [-0.2, 0) is 63.3 Å². The Bertz CT molecular complexity index is 1000. The van der Waals surface area contributed by atoms with E-state index in [9.17, 15) is 4.79 Å². The normalized spacial score (nSPS) is 11.4. The molecule has 1 rings (SSSR count). The summed E-state index contributed by atoms with van der Waals surface area (Å²) in [5, 5.41) is 0. The molecule has 0 saturated carbocycles. The summed E-state index contributed by atoms with van der Waals surface area (Å²) in [6.45, 7) is 15.2. The van der Waals surface area contributed by atoms with Gasteiger partial charge in [-0.25, -0.2) is 0 Å². The van der Waals surface area contributed by atoms with Gasteiger partial charge < -0.3 is 56.8 Å². The van der Waals surface area contributed by atoms with Crippen LogP contribution in [0.2, 0.25) is 0 Å². The minimum atomic E-state index is -0.136. The van der Waals surface area contributed by atoms with Crippen LogP contribution in [0.15, 0.2) is 24.3 Å². The van der Waals surface area contributed by atoms with Crippen molar-refractivity contribution >= 4 is 5.97 Å². The topological polar surface area (TPSA) is 128 Å². The third kappa shape index (κ3) is 44.5. The quantitative estimate of drug-likeness (QED) is 0.0459. The standard InChI is InChI=1S/C48H88O13/c1-3-5-7-9-11-12-13-15-17-19-48(49)61-45-43-59-41-39-57-37-35-55-33-31-53-29-27-51-25-24-50-26-28-52-30-32-54-34-36-56-38-40-58-42-44-60-47-22-20-46(21-23-47)18-16-14-10-8-6-4-2/h20-23H,3-19,24-45H2,1-2H3. The summed E-state index contributed by atoms with van der Waals surface area (Å²) in [6, 6.07) is 8.44. The van der Waals surface area contributed by atoms with Crippen molar-refractivity contribution in [2.24, 2.45) is 0 Å². The lowest BCUT2D eigenvalue weighted by Gasteiger charge is -2.09. The number of carbonyl (C=O) groups excluding carboxylic acids is 1. The van der Waals surface area contributed by atoms with Crippen molar-refractivity contribution in [1.82, 2.24) is 0 Å². The average molecular weight is 873 g/mol. The third-order valence-electron chi connectivity index (χ3n) is 9.56. The van der Waals surface area contributed by atoms with Gasteiger partial charge in [-0.05, 0) is 37.0 Å². The molecule has 1 aromatic carbocycles. The first-order chi connectivity index (χ1) is 30.3. The van der Waals surface area contributed by atoms with E-state index in [-0.39, 0.29) is 12.6 Å². The Morgan fingerprint density at radius 1 is 0.344 bits per heavy atom. The summed E-state index contributed by atoms with van der Waals surface area (Å²) in [7, 11) is 0. The monoisotopic (exact) mass is 873 g/mol. The molecule has 0 N–H and O–H groups in total. The van der Waals surface area contributed by atoms with Crippen LogP contribution in [0.5, 0.6) is 5.75 Å². The molecule has 0 amide bonds. The van der Waals surface area contributed by atoms with E-state index in [0.717, 1.165) is 25.0 Å². The van der Waals surface area contributed by atoms with Crippen molar-refractivity contribution in [1.29, 1.82) is 0 Å². The molecule has 0 heterocycles. The average Bonchev–Trinajstić information content (AvgIpc) is 3.27. The molecular formula is C48H88O13. The molecule has 0 saturated heterocycles. The van der Waals surface area contributed by atoms with Gasteiger partial charge in [0.25, 0.3) is 0 Å². The molecular weight excluding hydrogens is 785 g/mol. The first kappa shape index (κ1) is 57.1. The number of carbonyl (C=O) groups is 1. The molecule has 358 valence electrons. The molecule has 0 aliphatic heterocycles. The lowest BCUT2D eigenvalue weighted by molar-refractivity contribution is -0.145. The maximum atomic E-state index is 11.8. The fraction of sp³-hybridized carbons (Fsp3) is 0.854. The fourth-order valence-corrected chi connectivity index (χ4v) is 6.03. The molecule has 0 unspecified atom stereocenters. The molecule has 0 bridgehead atoms. The second-order valence-corrected chi connectivity index (χ2v) is 14.9. The van der Waals surface area contributed by atoms with Gasteiger partial charge >= 0.3 is 5.97 Å².